The molecule has 2 rings (SSSR count). The van der Waals surface area contributed by atoms with Crippen LogP contribution in [0, 0.1) is 0 Å². The number of amides is 1. The average Bonchev–Trinajstić information content (AvgIpc) is 2.15. The SMILES string of the molecule is CC(C)=CC(=O)N1CC(N2CCNCC2)C1. The predicted octanol–water partition coefficient (Wildman–Crippen LogP) is 0.0686. The summed E-state index contributed by atoms with van der Waals surface area (Å²) >= 11 is 0. The minimum atomic E-state index is 0.173. The molecule has 0 aromatic carbocycles. The maximum absolute atomic E-state index is 11.7. The van der Waals surface area contributed by atoms with Crippen molar-refractivity contribution < 1.29 is 4.79 Å². The molecule has 2 saturated heterocycles. The van der Waals surface area contributed by atoms with Gasteiger partial charge in [0, 0.05) is 51.4 Å². The first kappa shape index (κ1) is 11.6. The van der Waals surface area contributed by atoms with Crippen molar-refractivity contribution in [1.29, 1.82) is 0 Å². The van der Waals surface area contributed by atoms with E-state index in [1.165, 1.54) is 0 Å². The van der Waals surface area contributed by atoms with Crippen molar-refractivity contribution in [2.45, 2.75) is 19.9 Å². The molecule has 90 valence electrons. The highest BCUT2D eigenvalue weighted by Gasteiger charge is 2.34. The van der Waals surface area contributed by atoms with Crippen LogP contribution in [0.1, 0.15) is 13.8 Å². The molecule has 0 aliphatic carbocycles. The van der Waals surface area contributed by atoms with Gasteiger partial charge in [0.2, 0.25) is 5.91 Å². The molecule has 1 amide bonds. The highest BCUT2D eigenvalue weighted by molar-refractivity contribution is 5.88. The van der Waals surface area contributed by atoms with Crippen LogP contribution in [0.25, 0.3) is 0 Å². The van der Waals surface area contributed by atoms with Crippen molar-refractivity contribution in [2.24, 2.45) is 0 Å². The average molecular weight is 223 g/mol. The number of likely N-dealkylation sites (tertiary alicyclic amines) is 1. The third kappa shape index (κ3) is 2.62. The summed E-state index contributed by atoms with van der Waals surface area (Å²) in [6, 6.07) is 0.594. The van der Waals surface area contributed by atoms with E-state index in [-0.39, 0.29) is 5.91 Å². The summed E-state index contributed by atoms with van der Waals surface area (Å²) in [4.78, 5) is 16.1. The molecule has 0 saturated carbocycles. The van der Waals surface area contributed by atoms with Crippen molar-refractivity contribution >= 4 is 5.91 Å². The fraction of sp³-hybridized carbons (Fsp3) is 0.750. The van der Waals surface area contributed by atoms with E-state index in [2.05, 4.69) is 10.2 Å². The Kier molecular flexibility index (Phi) is 3.61. The van der Waals surface area contributed by atoms with E-state index in [0.717, 1.165) is 44.8 Å². The van der Waals surface area contributed by atoms with Gasteiger partial charge in [0.1, 0.15) is 0 Å². The molecule has 0 aromatic rings. The Hall–Kier alpha value is -0.870. The van der Waals surface area contributed by atoms with Gasteiger partial charge in [0.25, 0.3) is 0 Å². The summed E-state index contributed by atoms with van der Waals surface area (Å²) in [6.45, 7) is 10.1. The third-order valence-corrected chi connectivity index (χ3v) is 3.25. The molecule has 1 N–H and O–H groups in total. The first-order valence-corrected chi connectivity index (χ1v) is 6.05. The number of carbonyl (C=O) groups is 1. The van der Waals surface area contributed by atoms with Crippen LogP contribution in [-0.2, 0) is 4.79 Å². The Morgan fingerprint density at radius 2 is 1.88 bits per heavy atom. The van der Waals surface area contributed by atoms with Crippen LogP contribution < -0.4 is 5.32 Å². The molecular weight excluding hydrogens is 202 g/mol. The molecule has 4 heteroatoms. The van der Waals surface area contributed by atoms with Gasteiger partial charge in [-0.05, 0) is 13.8 Å². The first-order chi connectivity index (χ1) is 7.66. The van der Waals surface area contributed by atoms with Gasteiger partial charge in [-0.25, -0.2) is 0 Å². The van der Waals surface area contributed by atoms with Crippen LogP contribution in [0.2, 0.25) is 0 Å². The van der Waals surface area contributed by atoms with Crippen molar-refractivity contribution in [3.05, 3.63) is 11.6 Å². The fourth-order valence-corrected chi connectivity index (χ4v) is 2.25. The van der Waals surface area contributed by atoms with E-state index in [1.54, 1.807) is 6.08 Å². The second-order valence-electron chi connectivity index (χ2n) is 4.90. The Bertz CT molecular complexity index is 285. The van der Waals surface area contributed by atoms with Gasteiger partial charge < -0.3 is 10.2 Å². The second-order valence-corrected chi connectivity index (χ2v) is 4.90. The zero-order valence-corrected chi connectivity index (χ0v) is 10.2. The maximum Gasteiger partial charge on any atom is 0.246 e. The third-order valence-electron chi connectivity index (χ3n) is 3.25. The number of allylic oxidation sites excluding steroid dienone is 1. The molecule has 0 spiro atoms. The summed E-state index contributed by atoms with van der Waals surface area (Å²) < 4.78 is 0. The summed E-state index contributed by atoms with van der Waals surface area (Å²) in [5, 5.41) is 3.35. The molecule has 0 atom stereocenters. The lowest BCUT2D eigenvalue weighted by atomic mass is 10.1. The molecule has 0 unspecified atom stereocenters. The molecular formula is C12H21N3O. The fourth-order valence-electron chi connectivity index (χ4n) is 2.25. The van der Waals surface area contributed by atoms with Gasteiger partial charge >= 0.3 is 0 Å². The number of hydrogen-bond acceptors (Lipinski definition) is 3. The number of piperazine rings is 1. The number of nitrogens with one attached hydrogen (secondary N) is 1. The Balaban J connectivity index is 1.76. The van der Waals surface area contributed by atoms with Crippen molar-refractivity contribution in [3.63, 3.8) is 0 Å². The largest absolute Gasteiger partial charge is 0.336 e. The summed E-state index contributed by atoms with van der Waals surface area (Å²) in [6.07, 6.45) is 1.73. The Morgan fingerprint density at radius 1 is 1.25 bits per heavy atom. The molecule has 2 aliphatic heterocycles. The van der Waals surface area contributed by atoms with Crippen LogP contribution in [0.5, 0.6) is 0 Å². The quantitative estimate of drug-likeness (QED) is 0.673. The van der Waals surface area contributed by atoms with Crippen LogP contribution >= 0.6 is 0 Å². The van der Waals surface area contributed by atoms with E-state index in [0.29, 0.717) is 6.04 Å². The molecule has 2 fully saturated rings. The van der Waals surface area contributed by atoms with Crippen molar-refractivity contribution in [3.8, 4) is 0 Å². The highest BCUT2D eigenvalue weighted by atomic mass is 16.2. The van der Waals surface area contributed by atoms with Crippen LogP contribution in [-0.4, -0.2) is 61.0 Å². The number of carbonyl (C=O) groups excluding carboxylic acids is 1. The van der Waals surface area contributed by atoms with Gasteiger partial charge in [-0.1, -0.05) is 5.57 Å². The van der Waals surface area contributed by atoms with E-state index >= 15 is 0 Å². The summed E-state index contributed by atoms with van der Waals surface area (Å²) in [5.41, 5.74) is 1.08. The predicted molar refractivity (Wildman–Crippen MR) is 64.2 cm³/mol. The normalized spacial score (nSPS) is 22.8. The topological polar surface area (TPSA) is 35.6 Å². The molecule has 0 radical (unpaired) electrons. The minimum Gasteiger partial charge on any atom is -0.336 e. The molecule has 2 aliphatic rings. The lowest BCUT2D eigenvalue weighted by molar-refractivity contribution is -0.133. The van der Waals surface area contributed by atoms with Crippen molar-refractivity contribution in [1.82, 2.24) is 15.1 Å². The van der Waals surface area contributed by atoms with Gasteiger partial charge in [-0.2, -0.15) is 0 Å². The summed E-state index contributed by atoms with van der Waals surface area (Å²) in [7, 11) is 0. The second kappa shape index (κ2) is 4.97. The Labute approximate surface area is 97.3 Å². The number of rotatable bonds is 2. The van der Waals surface area contributed by atoms with Crippen LogP contribution in [0.3, 0.4) is 0 Å². The number of hydrogen-bond donors (Lipinski definition) is 1. The number of nitrogens with zero attached hydrogens (tertiary/aromatic N) is 2. The van der Waals surface area contributed by atoms with Crippen LogP contribution in [0.15, 0.2) is 11.6 Å². The molecule has 0 aromatic heterocycles. The molecule has 16 heavy (non-hydrogen) atoms. The van der Waals surface area contributed by atoms with E-state index < -0.39 is 0 Å². The standard InChI is InChI=1S/C12H21N3O/c1-10(2)7-12(16)15-8-11(9-15)14-5-3-13-4-6-14/h7,11,13H,3-6,8-9H2,1-2H3. The zero-order valence-electron chi connectivity index (χ0n) is 10.2. The lowest BCUT2D eigenvalue weighted by Gasteiger charge is -2.46. The molecule has 2 heterocycles. The van der Waals surface area contributed by atoms with E-state index in [9.17, 15) is 4.79 Å². The van der Waals surface area contributed by atoms with Gasteiger partial charge in [0.15, 0.2) is 0 Å². The maximum atomic E-state index is 11.7. The lowest BCUT2D eigenvalue weighted by Crippen LogP contribution is -2.63. The van der Waals surface area contributed by atoms with Gasteiger partial charge in [-0.15, -0.1) is 0 Å². The highest BCUT2D eigenvalue weighted by Crippen LogP contribution is 2.16. The zero-order chi connectivity index (χ0) is 11.5. The molecule has 4 nitrogen and oxygen atoms in total. The minimum absolute atomic E-state index is 0.173. The van der Waals surface area contributed by atoms with Crippen molar-refractivity contribution in [2.75, 3.05) is 39.3 Å². The monoisotopic (exact) mass is 223 g/mol. The van der Waals surface area contributed by atoms with Crippen LogP contribution in [0.4, 0.5) is 0 Å². The smallest absolute Gasteiger partial charge is 0.246 e. The van der Waals surface area contributed by atoms with E-state index in [1.807, 2.05) is 18.7 Å². The Morgan fingerprint density at radius 3 is 2.44 bits per heavy atom. The van der Waals surface area contributed by atoms with Gasteiger partial charge in [-0.3, -0.25) is 9.69 Å². The first-order valence-electron chi connectivity index (χ1n) is 6.05. The summed E-state index contributed by atoms with van der Waals surface area (Å²) in [5.74, 6) is 0.173. The van der Waals surface area contributed by atoms with Gasteiger partial charge in [0.05, 0.1) is 0 Å². The molecule has 0 bridgehead atoms. The van der Waals surface area contributed by atoms with E-state index in [4.69, 9.17) is 0 Å².